The van der Waals surface area contributed by atoms with E-state index < -0.39 is 22.8 Å². The lowest BCUT2D eigenvalue weighted by Gasteiger charge is -2.53. The number of carbonyl (C=O) groups is 3. The number of carbonyl (C=O) groups excluding carboxylic acids is 3. The zero-order chi connectivity index (χ0) is 21.2. The van der Waals surface area contributed by atoms with E-state index in [4.69, 9.17) is 4.74 Å². The zero-order valence-corrected chi connectivity index (χ0v) is 17.7. The smallest absolute Gasteiger partial charge is 0.303 e. The summed E-state index contributed by atoms with van der Waals surface area (Å²) >= 11 is 0. The summed E-state index contributed by atoms with van der Waals surface area (Å²) in [6, 6.07) is 0. The molecule has 2 unspecified atom stereocenters. The minimum atomic E-state index is -1.52. The number of hydrogen-bond donors (Lipinski definition) is 1. The molecule has 0 aliphatic heterocycles. The lowest BCUT2D eigenvalue weighted by Crippen LogP contribution is -2.57. The van der Waals surface area contributed by atoms with Crippen molar-refractivity contribution in [3.05, 3.63) is 35.5 Å². The summed E-state index contributed by atoms with van der Waals surface area (Å²) in [4.78, 5) is 36.1. The molecule has 4 rings (SSSR count). The predicted molar refractivity (Wildman–Crippen MR) is 108 cm³/mol. The van der Waals surface area contributed by atoms with Crippen LogP contribution in [0, 0.1) is 28.6 Å². The number of allylic oxidation sites excluding steroid dienone is 6. The second-order valence-electron chi connectivity index (χ2n) is 9.74. The van der Waals surface area contributed by atoms with E-state index in [1.165, 1.54) is 18.1 Å². The molecule has 4 aliphatic carbocycles. The Morgan fingerprint density at radius 3 is 2.69 bits per heavy atom. The molecular weight excluding hydrogens is 368 g/mol. The highest BCUT2D eigenvalue weighted by Gasteiger charge is 2.67. The molecule has 0 aromatic carbocycles. The third-order valence-corrected chi connectivity index (χ3v) is 8.32. The summed E-state index contributed by atoms with van der Waals surface area (Å²) in [5, 5.41) is 11.7. The van der Waals surface area contributed by atoms with Crippen LogP contribution in [-0.2, 0) is 19.1 Å². The molecule has 1 saturated carbocycles. The molecule has 0 aromatic heterocycles. The van der Waals surface area contributed by atoms with E-state index in [0.29, 0.717) is 12.8 Å². The Hall–Kier alpha value is -2.01. The maximum absolute atomic E-state index is 13.0. The van der Waals surface area contributed by atoms with E-state index in [9.17, 15) is 19.5 Å². The molecule has 6 atom stereocenters. The van der Waals surface area contributed by atoms with Gasteiger partial charge < -0.3 is 9.84 Å². The van der Waals surface area contributed by atoms with Crippen LogP contribution in [0.1, 0.15) is 53.4 Å². The van der Waals surface area contributed by atoms with Gasteiger partial charge in [-0.2, -0.15) is 0 Å². The minimum absolute atomic E-state index is 0.147. The number of aliphatic hydroxyl groups is 1. The van der Waals surface area contributed by atoms with Crippen LogP contribution in [0.2, 0.25) is 0 Å². The van der Waals surface area contributed by atoms with E-state index in [-0.39, 0.29) is 35.6 Å². The fourth-order valence-corrected chi connectivity index (χ4v) is 6.65. The Kier molecular flexibility index (Phi) is 4.54. The number of Topliss-reactive ketones (excluding diaryl/α,β-unsaturated/α-hetero) is 1. The standard InChI is InChI=1S/C24H30O5/c1-14-11-20-18-6-5-16-12-17(26)7-9-22(16,3)19(18)8-10-23(20,4)24(14,28)21(27)13-29-15(2)25/h5,7-9,14,18,20,28H,6,10-13H2,1-4H3/t14-,18?,20?,22+,23+,24+/m1/s1. The summed E-state index contributed by atoms with van der Waals surface area (Å²) in [5.41, 5.74) is 0.129. The predicted octanol–water partition coefficient (Wildman–Crippen LogP) is 3.32. The maximum atomic E-state index is 13.0. The molecule has 0 aromatic rings. The average Bonchev–Trinajstić information content (AvgIpc) is 2.88. The van der Waals surface area contributed by atoms with Crippen LogP contribution in [0.5, 0.6) is 0 Å². The molecule has 0 saturated heterocycles. The molecule has 0 bridgehead atoms. The van der Waals surface area contributed by atoms with Crippen LogP contribution < -0.4 is 0 Å². The van der Waals surface area contributed by atoms with Gasteiger partial charge in [-0.15, -0.1) is 0 Å². The van der Waals surface area contributed by atoms with Crippen LogP contribution in [0.25, 0.3) is 0 Å². The monoisotopic (exact) mass is 398 g/mol. The van der Waals surface area contributed by atoms with Crippen molar-refractivity contribution in [1.29, 1.82) is 0 Å². The Morgan fingerprint density at radius 1 is 1.28 bits per heavy atom. The lowest BCUT2D eigenvalue weighted by atomic mass is 9.52. The highest BCUT2D eigenvalue weighted by molar-refractivity contribution is 5.94. The van der Waals surface area contributed by atoms with Crippen LogP contribution in [0.3, 0.4) is 0 Å². The third kappa shape index (κ3) is 2.66. The Labute approximate surface area is 171 Å². The molecule has 0 heterocycles. The average molecular weight is 398 g/mol. The molecule has 5 nitrogen and oxygen atoms in total. The number of hydrogen-bond acceptors (Lipinski definition) is 5. The van der Waals surface area contributed by atoms with Crippen molar-refractivity contribution in [2.75, 3.05) is 6.61 Å². The van der Waals surface area contributed by atoms with Crippen molar-refractivity contribution in [3.63, 3.8) is 0 Å². The van der Waals surface area contributed by atoms with E-state index >= 15 is 0 Å². The molecule has 4 aliphatic rings. The molecule has 1 N–H and O–H groups in total. The molecule has 29 heavy (non-hydrogen) atoms. The fourth-order valence-electron chi connectivity index (χ4n) is 6.65. The van der Waals surface area contributed by atoms with Crippen LogP contribution in [0.4, 0.5) is 0 Å². The van der Waals surface area contributed by atoms with E-state index in [2.05, 4.69) is 19.1 Å². The Balaban J connectivity index is 1.71. The van der Waals surface area contributed by atoms with E-state index in [0.717, 1.165) is 12.8 Å². The highest BCUT2D eigenvalue weighted by atomic mass is 16.5. The van der Waals surface area contributed by atoms with Gasteiger partial charge in [0.25, 0.3) is 0 Å². The minimum Gasteiger partial charge on any atom is -0.458 e. The molecule has 0 spiro atoms. The Bertz CT molecular complexity index is 880. The van der Waals surface area contributed by atoms with Crippen molar-refractivity contribution in [2.24, 2.45) is 28.6 Å². The molecule has 0 amide bonds. The van der Waals surface area contributed by atoms with Gasteiger partial charge in [0.1, 0.15) is 5.60 Å². The summed E-state index contributed by atoms with van der Waals surface area (Å²) in [7, 11) is 0. The van der Waals surface area contributed by atoms with Gasteiger partial charge >= 0.3 is 5.97 Å². The van der Waals surface area contributed by atoms with Crippen molar-refractivity contribution in [3.8, 4) is 0 Å². The van der Waals surface area contributed by atoms with Crippen molar-refractivity contribution >= 4 is 17.5 Å². The quantitative estimate of drug-likeness (QED) is 0.583. The van der Waals surface area contributed by atoms with Crippen molar-refractivity contribution in [2.45, 2.75) is 59.0 Å². The van der Waals surface area contributed by atoms with Gasteiger partial charge in [0.05, 0.1) is 0 Å². The van der Waals surface area contributed by atoms with Crippen LogP contribution in [-0.4, -0.2) is 34.9 Å². The molecule has 5 heteroatoms. The first-order chi connectivity index (χ1) is 13.5. The second-order valence-corrected chi connectivity index (χ2v) is 9.74. The first-order valence-corrected chi connectivity index (χ1v) is 10.5. The van der Waals surface area contributed by atoms with E-state index in [1.807, 2.05) is 19.9 Å². The fraction of sp³-hybridized carbons (Fsp3) is 0.625. The first kappa shape index (κ1) is 20.3. The number of ketones is 2. The van der Waals surface area contributed by atoms with Crippen LogP contribution in [0.15, 0.2) is 35.5 Å². The molecule has 1 fully saturated rings. The van der Waals surface area contributed by atoms with Gasteiger partial charge in [0.15, 0.2) is 12.4 Å². The van der Waals surface area contributed by atoms with Gasteiger partial charge in [0.2, 0.25) is 5.78 Å². The van der Waals surface area contributed by atoms with Crippen molar-refractivity contribution < 1.29 is 24.2 Å². The largest absolute Gasteiger partial charge is 0.458 e. The molecular formula is C24H30O5. The first-order valence-electron chi connectivity index (χ1n) is 10.5. The van der Waals surface area contributed by atoms with Gasteiger partial charge in [-0.05, 0) is 50.0 Å². The second kappa shape index (κ2) is 6.49. The van der Waals surface area contributed by atoms with Gasteiger partial charge in [0, 0.05) is 24.2 Å². The van der Waals surface area contributed by atoms with Gasteiger partial charge in [-0.25, -0.2) is 0 Å². The molecule has 0 radical (unpaired) electrons. The topological polar surface area (TPSA) is 80.7 Å². The lowest BCUT2D eigenvalue weighted by molar-refractivity contribution is -0.167. The van der Waals surface area contributed by atoms with Crippen molar-refractivity contribution in [1.82, 2.24) is 0 Å². The zero-order valence-electron chi connectivity index (χ0n) is 17.7. The summed E-state index contributed by atoms with van der Waals surface area (Å²) in [5.74, 6) is -0.591. The third-order valence-electron chi connectivity index (χ3n) is 8.32. The molecule has 156 valence electrons. The number of rotatable bonds is 3. The summed E-state index contributed by atoms with van der Waals surface area (Å²) in [6.07, 6.45) is 10.8. The SMILES string of the molecule is CC(=O)OCC(=O)[C@@]1(O)[C@H](C)CC2C3CC=C4CC(=O)C=C[C@]4(C)C3=CC[C@@]21C. The van der Waals surface area contributed by atoms with E-state index in [1.54, 1.807) is 6.08 Å². The highest BCUT2D eigenvalue weighted by Crippen LogP contribution is 2.65. The van der Waals surface area contributed by atoms with Crippen LogP contribution >= 0.6 is 0 Å². The Morgan fingerprint density at radius 2 is 2.00 bits per heavy atom. The maximum Gasteiger partial charge on any atom is 0.303 e. The number of ether oxygens (including phenoxy) is 1. The number of fused-ring (bicyclic) bond motifs is 5. The normalized spacial score (nSPS) is 42.9. The number of esters is 1. The summed E-state index contributed by atoms with van der Waals surface area (Å²) in [6.45, 7) is 7.01. The van der Waals surface area contributed by atoms with Gasteiger partial charge in [-0.3, -0.25) is 14.4 Å². The van der Waals surface area contributed by atoms with Gasteiger partial charge in [-0.1, -0.05) is 43.2 Å². The summed E-state index contributed by atoms with van der Waals surface area (Å²) < 4.78 is 4.94.